The molecule has 1 saturated heterocycles. The zero-order valence-electron chi connectivity index (χ0n) is 13.2. The number of amides is 3. The lowest BCUT2D eigenvalue weighted by Gasteiger charge is -2.27. The van der Waals surface area contributed by atoms with Crippen LogP contribution in [0.25, 0.3) is 0 Å². The highest BCUT2D eigenvalue weighted by Gasteiger charge is 2.50. The van der Waals surface area contributed by atoms with E-state index in [2.05, 4.69) is 13.2 Å². The molecule has 23 heavy (non-hydrogen) atoms. The van der Waals surface area contributed by atoms with Crippen molar-refractivity contribution in [2.45, 2.75) is 19.4 Å². The van der Waals surface area contributed by atoms with E-state index in [0.717, 1.165) is 17.1 Å². The van der Waals surface area contributed by atoms with Gasteiger partial charge in [0.25, 0.3) is 5.91 Å². The van der Waals surface area contributed by atoms with Crippen molar-refractivity contribution in [1.82, 2.24) is 9.80 Å². The third-order valence-corrected chi connectivity index (χ3v) is 3.36. The van der Waals surface area contributed by atoms with E-state index in [-0.39, 0.29) is 26.3 Å². The van der Waals surface area contributed by atoms with Crippen molar-refractivity contribution in [3.05, 3.63) is 25.3 Å². The summed E-state index contributed by atoms with van der Waals surface area (Å²) < 4.78 is 9.61. The lowest BCUT2D eigenvalue weighted by molar-refractivity contribution is -0.140. The van der Waals surface area contributed by atoms with Gasteiger partial charge in [0.05, 0.1) is 13.1 Å². The molecule has 0 atom stereocenters. The van der Waals surface area contributed by atoms with Crippen LogP contribution < -0.4 is 0 Å². The van der Waals surface area contributed by atoms with Crippen LogP contribution in [0.3, 0.4) is 0 Å². The number of imide groups is 1. The second-order valence-corrected chi connectivity index (χ2v) is 5.19. The Bertz CT molecular complexity index is 540. The van der Waals surface area contributed by atoms with Crippen LogP contribution in [0, 0.1) is 0 Å². The van der Waals surface area contributed by atoms with Crippen molar-refractivity contribution in [3.63, 3.8) is 0 Å². The summed E-state index contributed by atoms with van der Waals surface area (Å²) in [7, 11) is 0. The first-order chi connectivity index (χ1) is 10.8. The molecule has 1 fully saturated rings. The molecule has 3 amide bonds. The van der Waals surface area contributed by atoms with Crippen LogP contribution in [-0.4, -0.2) is 65.5 Å². The third kappa shape index (κ3) is 4.18. The lowest BCUT2D eigenvalue weighted by atomic mass is 10.0. The normalized spacial score (nSPS) is 16.3. The summed E-state index contributed by atoms with van der Waals surface area (Å²) in [6.07, 6.45) is 2.01. The molecule has 0 aromatic heterocycles. The first-order valence-electron chi connectivity index (χ1n) is 6.97. The predicted octanol–water partition coefficient (Wildman–Crippen LogP) is 0.488. The van der Waals surface area contributed by atoms with Gasteiger partial charge < -0.3 is 14.4 Å². The lowest BCUT2D eigenvalue weighted by Crippen LogP contribution is -2.45. The van der Waals surface area contributed by atoms with Gasteiger partial charge in [0, 0.05) is 12.2 Å². The van der Waals surface area contributed by atoms with Gasteiger partial charge in [0.15, 0.2) is 0 Å². The standard InChI is InChI=1S/C15H20N2O6/c1-5-11(18)22-9-7-16-13(20)15(3,4)17(14(16)21)8-10-23-12(19)6-2/h5-6H,1-2,7-10H2,3-4H3. The van der Waals surface area contributed by atoms with Gasteiger partial charge in [-0.25, -0.2) is 14.4 Å². The molecule has 0 N–H and O–H groups in total. The Hall–Kier alpha value is -2.64. The summed E-state index contributed by atoms with van der Waals surface area (Å²) in [4.78, 5) is 49.0. The number of carbonyl (C=O) groups is 4. The molecule has 0 radical (unpaired) electrons. The van der Waals surface area contributed by atoms with E-state index in [4.69, 9.17) is 9.47 Å². The number of carbonyl (C=O) groups excluding carboxylic acids is 4. The predicted molar refractivity (Wildman–Crippen MR) is 80.2 cm³/mol. The Labute approximate surface area is 134 Å². The maximum Gasteiger partial charge on any atom is 0.330 e. The van der Waals surface area contributed by atoms with E-state index in [1.807, 2.05) is 0 Å². The summed E-state index contributed by atoms with van der Waals surface area (Å²) in [6.45, 7) is 9.57. The number of ether oxygens (including phenoxy) is 2. The molecular formula is C15H20N2O6. The fourth-order valence-electron chi connectivity index (χ4n) is 2.08. The molecule has 1 heterocycles. The molecule has 126 valence electrons. The zero-order valence-corrected chi connectivity index (χ0v) is 13.2. The smallest absolute Gasteiger partial charge is 0.330 e. The second kappa shape index (κ2) is 7.57. The minimum atomic E-state index is -1.07. The Morgan fingerprint density at radius 2 is 1.52 bits per heavy atom. The minimum Gasteiger partial charge on any atom is -0.461 e. The Balaban J connectivity index is 2.66. The first kappa shape index (κ1) is 18.4. The van der Waals surface area contributed by atoms with Crippen molar-refractivity contribution >= 4 is 23.9 Å². The monoisotopic (exact) mass is 324 g/mol. The summed E-state index contributed by atoms with van der Waals surface area (Å²) in [5.74, 6) is -1.64. The summed E-state index contributed by atoms with van der Waals surface area (Å²) in [6, 6.07) is -0.524. The quantitative estimate of drug-likeness (QED) is 0.366. The highest BCUT2D eigenvalue weighted by atomic mass is 16.5. The fourth-order valence-corrected chi connectivity index (χ4v) is 2.08. The van der Waals surface area contributed by atoms with Crippen molar-refractivity contribution in [2.24, 2.45) is 0 Å². The molecule has 0 bridgehead atoms. The Morgan fingerprint density at radius 3 is 2.00 bits per heavy atom. The fraction of sp³-hybridized carbons (Fsp3) is 0.467. The van der Waals surface area contributed by atoms with E-state index in [0.29, 0.717) is 0 Å². The van der Waals surface area contributed by atoms with Crippen molar-refractivity contribution in [1.29, 1.82) is 0 Å². The van der Waals surface area contributed by atoms with Crippen molar-refractivity contribution < 1.29 is 28.7 Å². The number of hydrogen-bond donors (Lipinski definition) is 0. The topological polar surface area (TPSA) is 93.2 Å². The van der Waals surface area contributed by atoms with E-state index >= 15 is 0 Å². The van der Waals surface area contributed by atoms with Gasteiger partial charge in [0.2, 0.25) is 0 Å². The number of nitrogens with zero attached hydrogens (tertiary/aromatic N) is 2. The Morgan fingerprint density at radius 1 is 1.04 bits per heavy atom. The number of rotatable bonds is 8. The molecule has 8 nitrogen and oxygen atoms in total. The molecule has 1 aliphatic heterocycles. The number of esters is 2. The molecule has 0 saturated carbocycles. The first-order valence-corrected chi connectivity index (χ1v) is 6.97. The zero-order chi connectivity index (χ0) is 17.6. The van der Waals surface area contributed by atoms with Crippen LogP contribution in [0.2, 0.25) is 0 Å². The maximum absolute atomic E-state index is 12.3. The number of urea groups is 1. The average Bonchev–Trinajstić information content (AvgIpc) is 2.68. The molecule has 0 aliphatic carbocycles. The van der Waals surface area contributed by atoms with Gasteiger partial charge in [-0.1, -0.05) is 13.2 Å². The number of hydrogen-bond acceptors (Lipinski definition) is 6. The molecule has 8 heteroatoms. The van der Waals surface area contributed by atoms with Gasteiger partial charge >= 0.3 is 18.0 Å². The molecule has 0 aromatic rings. The van der Waals surface area contributed by atoms with Crippen LogP contribution in [0.5, 0.6) is 0 Å². The largest absolute Gasteiger partial charge is 0.461 e. The van der Waals surface area contributed by atoms with E-state index in [1.54, 1.807) is 13.8 Å². The maximum atomic E-state index is 12.3. The second-order valence-electron chi connectivity index (χ2n) is 5.19. The van der Waals surface area contributed by atoms with Crippen LogP contribution in [0.15, 0.2) is 25.3 Å². The highest BCUT2D eigenvalue weighted by molar-refractivity contribution is 6.06. The van der Waals surface area contributed by atoms with Crippen molar-refractivity contribution in [2.75, 3.05) is 26.3 Å². The van der Waals surface area contributed by atoms with Gasteiger partial charge in [0.1, 0.15) is 18.8 Å². The molecule has 1 aliphatic rings. The van der Waals surface area contributed by atoms with E-state index in [9.17, 15) is 19.2 Å². The van der Waals surface area contributed by atoms with Crippen molar-refractivity contribution in [3.8, 4) is 0 Å². The van der Waals surface area contributed by atoms with Crippen LogP contribution in [0.1, 0.15) is 13.8 Å². The minimum absolute atomic E-state index is 0.0490. The van der Waals surface area contributed by atoms with Crippen LogP contribution in [0.4, 0.5) is 4.79 Å². The van der Waals surface area contributed by atoms with Gasteiger partial charge in [-0.2, -0.15) is 0 Å². The third-order valence-electron chi connectivity index (χ3n) is 3.36. The van der Waals surface area contributed by atoms with Gasteiger partial charge in [-0.05, 0) is 13.8 Å². The highest BCUT2D eigenvalue weighted by Crippen LogP contribution is 2.27. The average molecular weight is 324 g/mol. The Kier molecular flexibility index (Phi) is 6.06. The molecule has 0 unspecified atom stereocenters. The van der Waals surface area contributed by atoms with Crippen LogP contribution in [-0.2, 0) is 23.9 Å². The summed E-state index contributed by atoms with van der Waals surface area (Å²) in [5.41, 5.74) is -1.07. The molecule has 0 aromatic carbocycles. The molecule has 1 rings (SSSR count). The van der Waals surface area contributed by atoms with Gasteiger partial charge in [-0.3, -0.25) is 9.69 Å². The summed E-state index contributed by atoms with van der Waals surface area (Å²) in [5, 5.41) is 0. The SMILES string of the molecule is C=CC(=O)OCCN1C(=O)N(CCOC(=O)C=C)C(C)(C)C1=O. The van der Waals surface area contributed by atoms with Gasteiger partial charge in [-0.15, -0.1) is 0 Å². The van der Waals surface area contributed by atoms with Crippen LogP contribution >= 0.6 is 0 Å². The molecular weight excluding hydrogens is 304 g/mol. The van der Waals surface area contributed by atoms with E-state index in [1.165, 1.54) is 4.90 Å². The van der Waals surface area contributed by atoms with E-state index < -0.39 is 29.4 Å². The molecule has 0 spiro atoms. The summed E-state index contributed by atoms with van der Waals surface area (Å²) >= 11 is 0.